The molecule has 0 bridgehead atoms. The highest BCUT2D eigenvalue weighted by atomic mass is 32.2. The van der Waals surface area contributed by atoms with E-state index in [1.807, 2.05) is 6.92 Å². The number of hydrogen-bond acceptors (Lipinski definition) is 3. The molecule has 19 heavy (non-hydrogen) atoms. The summed E-state index contributed by atoms with van der Waals surface area (Å²) in [7, 11) is -3.29. The highest BCUT2D eigenvalue weighted by Gasteiger charge is 2.15. The number of rotatable bonds is 7. The van der Waals surface area contributed by atoms with E-state index in [0.717, 1.165) is 18.4 Å². The predicted octanol–water partition coefficient (Wildman–Crippen LogP) is 2.51. The van der Waals surface area contributed by atoms with Crippen molar-refractivity contribution in [2.24, 2.45) is 5.92 Å². The lowest BCUT2D eigenvalue weighted by Gasteiger charge is -2.15. The fourth-order valence-electron chi connectivity index (χ4n) is 1.82. The van der Waals surface area contributed by atoms with Gasteiger partial charge in [0.15, 0.2) is 0 Å². The van der Waals surface area contributed by atoms with Crippen molar-refractivity contribution < 1.29 is 8.42 Å². The van der Waals surface area contributed by atoms with Crippen LogP contribution in [-0.2, 0) is 15.8 Å². The van der Waals surface area contributed by atoms with Crippen molar-refractivity contribution in [3.05, 3.63) is 29.8 Å². The average Bonchev–Trinajstić information content (AvgIpc) is 2.28. The number of nitrogen functional groups attached to an aromatic ring is 1. The summed E-state index contributed by atoms with van der Waals surface area (Å²) in [5.41, 5.74) is 6.96. The molecule has 0 spiro atoms. The fraction of sp³-hybridized carbons (Fsp3) is 0.571. The second-order valence-electron chi connectivity index (χ2n) is 5.49. The van der Waals surface area contributed by atoms with Gasteiger partial charge in [-0.3, -0.25) is 0 Å². The summed E-state index contributed by atoms with van der Waals surface area (Å²) in [5, 5.41) is 0. The monoisotopic (exact) mass is 284 g/mol. The van der Waals surface area contributed by atoms with Crippen LogP contribution in [0, 0.1) is 5.92 Å². The Morgan fingerprint density at radius 1 is 1.11 bits per heavy atom. The average molecular weight is 284 g/mol. The third kappa shape index (κ3) is 6.59. The number of hydrogen-bond donors (Lipinski definition) is 2. The standard InChI is InChI=1S/C14H24N2O2S/c1-11(2)4-5-12(3)16-19(17,18)10-13-6-8-14(15)9-7-13/h6-9,11-12,16H,4-5,10,15H2,1-3H3. The summed E-state index contributed by atoms with van der Waals surface area (Å²) < 4.78 is 26.7. The van der Waals surface area contributed by atoms with Gasteiger partial charge in [-0.15, -0.1) is 0 Å². The molecule has 0 fully saturated rings. The molecular weight excluding hydrogens is 260 g/mol. The third-order valence-corrected chi connectivity index (χ3v) is 4.37. The molecule has 108 valence electrons. The summed E-state index contributed by atoms with van der Waals surface area (Å²) in [6.45, 7) is 6.17. The second kappa shape index (κ2) is 6.91. The van der Waals surface area contributed by atoms with Crippen LogP contribution in [0.1, 0.15) is 39.2 Å². The van der Waals surface area contributed by atoms with Gasteiger partial charge in [0.2, 0.25) is 10.0 Å². The molecule has 0 aliphatic rings. The molecule has 0 amide bonds. The van der Waals surface area contributed by atoms with Gasteiger partial charge in [-0.25, -0.2) is 13.1 Å². The van der Waals surface area contributed by atoms with Crippen LogP contribution in [0.4, 0.5) is 5.69 Å². The van der Waals surface area contributed by atoms with Crippen molar-refractivity contribution in [3.8, 4) is 0 Å². The first-order chi connectivity index (χ1) is 8.78. The Kier molecular flexibility index (Phi) is 5.82. The van der Waals surface area contributed by atoms with E-state index in [2.05, 4.69) is 18.6 Å². The van der Waals surface area contributed by atoms with Gasteiger partial charge in [-0.1, -0.05) is 26.0 Å². The minimum absolute atomic E-state index is 0.000696. The summed E-state index contributed by atoms with van der Waals surface area (Å²) in [4.78, 5) is 0. The van der Waals surface area contributed by atoms with Crippen LogP contribution < -0.4 is 10.5 Å². The Hall–Kier alpha value is -1.07. The number of anilines is 1. The third-order valence-electron chi connectivity index (χ3n) is 2.89. The van der Waals surface area contributed by atoms with Crippen LogP contribution in [0.25, 0.3) is 0 Å². The van der Waals surface area contributed by atoms with E-state index in [-0.39, 0.29) is 11.8 Å². The van der Waals surface area contributed by atoms with Crippen molar-refractivity contribution in [1.29, 1.82) is 0 Å². The molecule has 1 atom stereocenters. The van der Waals surface area contributed by atoms with E-state index in [4.69, 9.17) is 5.73 Å². The molecule has 0 saturated carbocycles. The molecule has 0 aromatic heterocycles. The van der Waals surface area contributed by atoms with E-state index in [1.54, 1.807) is 24.3 Å². The molecule has 0 aliphatic heterocycles. The van der Waals surface area contributed by atoms with E-state index in [9.17, 15) is 8.42 Å². The zero-order chi connectivity index (χ0) is 14.5. The van der Waals surface area contributed by atoms with Gasteiger partial charge >= 0.3 is 0 Å². The molecule has 0 aliphatic carbocycles. The summed E-state index contributed by atoms with van der Waals surface area (Å²) in [5.74, 6) is 0.586. The molecule has 0 radical (unpaired) electrons. The van der Waals surface area contributed by atoms with Crippen LogP contribution in [0.2, 0.25) is 0 Å². The predicted molar refractivity (Wildman–Crippen MR) is 80.1 cm³/mol. The lowest BCUT2D eigenvalue weighted by molar-refractivity contribution is 0.485. The minimum atomic E-state index is -3.29. The molecule has 4 nitrogen and oxygen atoms in total. The maximum absolute atomic E-state index is 12.0. The lowest BCUT2D eigenvalue weighted by Crippen LogP contribution is -2.33. The Balaban J connectivity index is 2.54. The Morgan fingerprint density at radius 3 is 2.21 bits per heavy atom. The topological polar surface area (TPSA) is 72.2 Å². The van der Waals surface area contributed by atoms with Crippen molar-refractivity contribution >= 4 is 15.7 Å². The van der Waals surface area contributed by atoms with Crippen molar-refractivity contribution in [2.75, 3.05) is 5.73 Å². The van der Waals surface area contributed by atoms with Gasteiger partial charge in [-0.05, 0) is 43.4 Å². The van der Waals surface area contributed by atoms with Gasteiger partial charge in [0.05, 0.1) is 5.75 Å². The second-order valence-corrected chi connectivity index (χ2v) is 7.24. The summed E-state index contributed by atoms with van der Waals surface area (Å²) in [6.07, 6.45) is 1.88. The lowest BCUT2D eigenvalue weighted by atomic mass is 10.1. The first kappa shape index (κ1) is 16.0. The van der Waals surface area contributed by atoms with Crippen LogP contribution >= 0.6 is 0 Å². The van der Waals surface area contributed by atoms with Crippen LogP contribution in [0.5, 0.6) is 0 Å². The van der Waals surface area contributed by atoms with E-state index >= 15 is 0 Å². The summed E-state index contributed by atoms with van der Waals surface area (Å²) >= 11 is 0. The molecule has 1 aromatic rings. The van der Waals surface area contributed by atoms with E-state index in [1.165, 1.54) is 0 Å². The molecular formula is C14H24N2O2S. The quantitative estimate of drug-likeness (QED) is 0.756. The largest absolute Gasteiger partial charge is 0.399 e. The Morgan fingerprint density at radius 2 is 1.68 bits per heavy atom. The first-order valence-electron chi connectivity index (χ1n) is 6.63. The highest BCUT2D eigenvalue weighted by Crippen LogP contribution is 2.11. The number of benzene rings is 1. The maximum Gasteiger partial charge on any atom is 0.216 e. The number of sulfonamides is 1. The van der Waals surface area contributed by atoms with Crippen molar-refractivity contribution in [3.63, 3.8) is 0 Å². The molecule has 0 saturated heterocycles. The highest BCUT2D eigenvalue weighted by molar-refractivity contribution is 7.88. The van der Waals surface area contributed by atoms with Crippen LogP contribution in [0.3, 0.4) is 0 Å². The van der Waals surface area contributed by atoms with Crippen molar-refractivity contribution in [2.45, 2.75) is 45.4 Å². The normalized spacial score (nSPS) is 13.7. The maximum atomic E-state index is 12.0. The van der Waals surface area contributed by atoms with Gasteiger partial charge < -0.3 is 5.73 Å². The number of nitrogens with two attached hydrogens (primary N) is 1. The molecule has 1 unspecified atom stereocenters. The zero-order valence-electron chi connectivity index (χ0n) is 11.9. The van der Waals surface area contributed by atoms with Crippen LogP contribution in [-0.4, -0.2) is 14.5 Å². The van der Waals surface area contributed by atoms with E-state index in [0.29, 0.717) is 11.6 Å². The number of nitrogens with one attached hydrogen (secondary N) is 1. The van der Waals surface area contributed by atoms with Gasteiger partial charge in [-0.2, -0.15) is 0 Å². The molecule has 3 N–H and O–H groups in total. The smallest absolute Gasteiger partial charge is 0.216 e. The first-order valence-corrected chi connectivity index (χ1v) is 8.28. The fourth-order valence-corrected chi connectivity index (χ4v) is 3.27. The molecule has 5 heteroatoms. The Labute approximate surface area is 116 Å². The van der Waals surface area contributed by atoms with Gasteiger partial charge in [0.25, 0.3) is 0 Å². The van der Waals surface area contributed by atoms with Gasteiger partial charge in [0.1, 0.15) is 0 Å². The molecule has 0 heterocycles. The minimum Gasteiger partial charge on any atom is -0.399 e. The molecule has 1 aromatic carbocycles. The Bertz CT molecular complexity index is 481. The molecule has 1 rings (SSSR count). The van der Waals surface area contributed by atoms with Crippen LogP contribution in [0.15, 0.2) is 24.3 Å². The van der Waals surface area contributed by atoms with Gasteiger partial charge in [0, 0.05) is 11.7 Å². The zero-order valence-corrected chi connectivity index (χ0v) is 12.7. The van der Waals surface area contributed by atoms with Crippen molar-refractivity contribution in [1.82, 2.24) is 4.72 Å². The van der Waals surface area contributed by atoms with E-state index < -0.39 is 10.0 Å². The SMILES string of the molecule is CC(C)CCC(C)NS(=O)(=O)Cc1ccc(N)cc1. The summed E-state index contributed by atoms with van der Waals surface area (Å²) in [6, 6.07) is 6.89.